The SMILES string of the molecule is CC(C)Oc1ccccc1NC(=O)c1ccc(-c2ccccc2)cc1. The summed E-state index contributed by atoms with van der Waals surface area (Å²) in [7, 11) is 0. The number of benzene rings is 3. The van der Waals surface area contributed by atoms with Crippen LogP contribution in [0.3, 0.4) is 0 Å². The second-order valence-electron chi connectivity index (χ2n) is 6.06. The molecule has 0 fully saturated rings. The van der Waals surface area contributed by atoms with Gasteiger partial charge >= 0.3 is 0 Å². The normalized spacial score (nSPS) is 10.5. The lowest BCUT2D eigenvalue weighted by Gasteiger charge is -2.15. The van der Waals surface area contributed by atoms with Gasteiger partial charge in [0.05, 0.1) is 11.8 Å². The van der Waals surface area contributed by atoms with Gasteiger partial charge in [0.15, 0.2) is 0 Å². The van der Waals surface area contributed by atoms with Crippen molar-refractivity contribution in [3.8, 4) is 16.9 Å². The van der Waals surface area contributed by atoms with Gasteiger partial charge in [0.1, 0.15) is 5.75 Å². The molecule has 0 aliphatic rings. The van der Waals surface area contributed by atoms with Crippen LogP contribution in [-0.4, -0.2) is 12.0 Å². The fourth-order valence-corrected chi connectivity index (χ4v) is 2.57. The fourth-order valence-electron chi connectivity index (χ4n) is 2.57. The van der Waals surface area contributed by atoms with E-state index < -0.39 is 0 Å². The number of carbonyl (C=O) groups excluding carboxylic acids is 1. The number of hydrogen-bond acceptors (Lipinski definition) is 2. The lowest BCUT2D eigenvalue weighted by Crippen LogP contribution is -2.14. The van der Waals surface area contributed by atoms with Crippen molar-refractivity contribution in [1.82, 2.24) is 0 Å². The first kappa shape index (κ1) is 16.8. The van der Waals surface area contributed by atoms with E-state index in [-0.39, 0.29) is 12.0 Å². The van der Waals surface area contributed by atoms with Crippen molar-refractivity contribution in [2.75, 3.05) is 5.32 Å². The van der Waals surface area contributed by atoms with Gasteiger partial charge in [-0.2, -0.15) is 0 Å². The van der Waals surface area contributed by atoms with Crippen molar-refractivity contribution in [2.24, 2.45) is 0 Å². The molecule has 3 aromatic carbocycles. The molecule has 1 N–H and O–H groups in total. The first-order chi connectivity index (χ1) is 12.1. The minimum atomic E-state index is -0.153. The van der Waals surface area contributed by atoms with E-state index in [1.54, 1.807) is 0 Å². The Morgan fingerprint density at radius 1 is 0.800 bits per heavy atom. The summed E-state index contributed by atoms with van der Waals surface area (Å²) in [5.41, 5.74) is 3.50. The molecule has 3 nitrogen and oxygen atoms in total. The van der Waals surface area contributed by atoms with Gasteiger partial charge in [-0.15, -0.1) is 0 Å². The highest BCUT2D eigenvalue weighted by Gasteiger charge is 2.11. The maximum Gasteiger partial charge on any atom is 0.255 e. The molecule has 3 heteroatoms. The highest BCUT2D eigenvalue weighted by molar-refractivity contribution is 6.05. The molecule has 0 atom stereocenters. The van der Waals surface area contributed by atoms with Crippen LogP contribution in [0.25, 0.3) is 11.1 Å². The zero-order valence-electron chi connectivity index (χ0n) is 14.4. The number of anilines is 1. The molecule has 0 spiro atoms. The molecule has 3 aromatic rings. The van der Waals surface area contributed by atoms with Gasteiger partial charge in [0.2, 0.25) is 0 Å². The van der Waals surface area contributed by atoms with Crippen molar-refractivity contribution >= 4 is 11.6 Å². The summed E-state index contributed by atoms with van der Waals surface area (Å²) in [5.74, 6) is 0.520. The Hall–Kier alpha value is -3.07. The molecule has 0 aliphatic carbocycles. The van der Waals surface area contributed by atoms with Crippen LogP contribution < -0.4 is 10.1 Å². The van der Waals surface area contributed by atoms with Crippen LogP contribution in [0.15, 0.2) is 78.9 Å². The van der Waals surface area contributed by atoms with E-state index in [9.17, 15) is 4.79 Å². The van der Waals surface area contributed by atoms with Gasteiger partial charge in [-0.1, -0.05) is 54.6 Å². The summed E-state index contributed by atoms with van der Waals surface area (Å²) in [5, 5.41) is 2.93. The molecule has 0 unspecified atom stereocenters. The van der Waals surface area contributed by atoms with Gasteiger partial charge in [0.25, 0.3) is 5.91 Å². The average Bonchev–Trinajstić information content (AvgIpc) is 2.64. The van der Waals surface area contributed by atoms with Crippen molar-refractivity contribution in [3.63, 3.8) is 0 Å². The molecule has 0 aliphatic heterocycles. The highest BCUT2D eigenvalue weighted by atomic mass is 16.5. The monoisotopic (exact) mass is 331 g/mol. The number of ether oxygens (including phenoxy) is 1. The second kappa shape index (κ2) is 7.67. The minimum absolute atomic E-state index is 0.0446. The number of para-hydroxylation sites is 2. The molecule has 3 rings (SSSR count). The molecule has 25 heavy (non-hydrogen) atoms. The fraction of sp³-hybridized carbons (Fsp3) is 0.136. The van der Waals surface area contributed by atoms with Crippen LogP contribution in [-0.2, 0) is 0 Å². The number of carbonyl (C=O) groups is 1. The summed E-state index contributed by atoms with van der Waals surface area (Å²) >= 11 is 0. The Morgan fingerprint density at radius 3 is 2.08 bits per heavy atom. The van der Waals surface area contributed by atoms with Crippen LogP contribution in [0, 0.1) is 0 Å². The molecule has 0 saturated carbocycles. The molecule has 0 bridgehead atoms. The van der Waals surface area contributed by atoms with Crippen molar-refractivity contribution < 1.29 is 9.53 Å². The van der Waals surface area contributed by atoms with Crippen molar-refractivity contribution in [3.05, 3.63) is 84.4 Å². The van der Waals surface area contributed by atoms with E-state index in [0.717, 1.165) is 11.1 Å². The summed E-state index contributed by atoms with van der Waals surface area (Å²) in [6.45, 7) is 3.92. The Bertz CT molecular complexity index is 839. The second-order valence-corrected chi connectivity index (χ2v) is 6.06. The van der Waals surface area contributed by atoms with Crippen molar-refractivity contribution in [1.29, 1.82) is 0 Å². The molecule has 0 saturated heterocycles. The number of rotatable bonds is 5. The van der Waals surface area contributed by atoms with Gasteiger partial charge < -0.3 is 10.1 Å². The molecule has 0 aromatic heterocycles. The lowest BCUT2D eigenvalue weighted by atomic mass is 10.0. The third kappa shape index (κ3) is 4.27. The first-order valence-electron chi connectivity index (χ1n) is 8.36. The molecular formula is C22H21NO2. The summed E-state index contributed by atoms with van der Waals surface area (Å²) in [6, 6.07) is 25.1. The van der Waals surface area contributed by atoms with E-state index in [1.807, 2.05) is 80.6 Å². The quantitative estimate of drug-likeness (QED) is 0.680. The van der Waals surface area contributed by atoms with Crippen LogP contribution >= 0.6 is 0 Å². The zero-order chi connectivity index (χ0) is 17.6. The molecule has 126 valence electrons. The number of nitrogens with one attached hydrogen (secondary N) is 1. The Morgan fingerprint density at radius 2 is 1.40 bits per heavy atom. The largest absolute Gasteiger partial charge is 0.489 e. The van der Waals surface area contributed by atoms with E-state index >= 15 is 0 Å². The summed E-state index contributed by atoms with van der Waals surface area (Å²) in [4.78, 5) is 12.5. The molecule has 1 amide bonds. The van der Waals surface area contributed by atoms with Gasteiger partial charge in [-0.05, 0) is 49.2 Å². The predicted octanol–water partition coefficient (Wildman–Crippen LogP) is 5.39. The maximum atomic E-state index is 12.5. The first-order valence-corrected chi connectivity index (χ1v) is 8.36. The smallest absolute Gasteiger partial charge is 0.255 e. The lowest BCUT2D eigenvalue weighted by molar-refractivity contribution is 0.102. The van der Waals surface area contributed by atoms with E-state index in [2.05, 4.69) is 17.4 Å². The Labute approximate surface area is 148 Å². The maximum absolute atomic E-state index is 12.5. The van der Waals surface area contributed by atoms with Gasteiger partial charge in [-0.25, -0.2) is 0 Å². The predicted molar refractivity (Wildman–Crippen MR) is 102 cm³/mol. The van der Waals surface area contributed by atoms with E-state index in [4.69, 9.17) is 4.74 Å². The Kier molecular flexibility index (Phi) is 5.14. The standard InChI is InChI=1S/C22H21NO2/c1-16(2)25-21-11-7-6-10-20(21)23-22(24)19-14-12-18(13-15-19)17-8-4-3-5-9-17/h3-16H,1-2H3,(H,23,24). The molecule has 0 radical (unpaired) electrons. The Balaban J connectivity index is 1.76. The zero-order valence-corrected chi connectivity index (χ0v) is 14.4. The minimum Gasteiger partial charge on any atom is -0.489 e. The highest BCUT2D eigenvalue weighted by Crippen LogP contribution is 2.26. The summed E-state index contributed by atoms with van der Waals surface area (Å²) < 4.78 is 5.74. The van der Waals surface area contributed by atoms with Crippen LogP contribution in [0.1, 0.15) is 24.2 Å². The summed E-state index contributed by atoms with van der Waals surface area (Å²) in [6.07, 6.45) is 0.0446. The average molecular weight is 331 g/mol. The third-order valence-electron chi connectivity index (χ3n) is 3.75. The topological polar surface area (TPSA) is 38.3 Å². The van der Waals surface area contributed by atoms with Gasteiger partial charge in [0, 0.05) is 5.56 Å². The number of amides is 1. The van der Waals surface area contributed by atoms with E-state index in [1.165, 1.54) is 0 Å². The van der Waals surface area contributed by atoms with Gasteiger partial charge in [-0.3, -0.25) is 4.79 Å². The van der Waals surface area contributed by atoms with Crippen molar-refractivity contribution in [2.45, 2.75) is 20.0 Å². The number of hydrogen-bond donors (Lipinski definition) is 1. The van der Waals surface area contributed by atoms with Crippen LogP contribution in [0.4, 0.5) is 5.69 Å². The van der Waals surface area contributed by atoms with E-state index in [0.29, 0.717) is 17.0 Å². The van der Waals surface area contributed by atoms with Crippen LogP contribution in [0.2, 0.25) is 0 Å². The van der Waals surface area contributed by atoms with Crippen LogP contribution in [0.5, 0.6) is 5.75 Å². The molecular weight excluding hydrogens is 310 g/mol. The third-order valence-corrected chi connectivity index (χ3v) is 3.75. The molecule has 0 heterocycles.